The first-order valence-corrected chi connectivity index (χ1v) is 4.51. The zero-order valence-electron chi connectivity index (χ0n) is 7.96. The third-order valence-electron chi connectivity index (χ3n) is 2.01. The predicted octanol–water partition coefficient (Wildman–Crippen LogP) is 1.34. The van der Waals surface area contributed by atoms with Crippen LogP contribution in [0.15, 0.2) is 36.7 Å². The van der Waals surface area contributed by atoms with Crippen molar-refractivity contribution in [1.82, 2.24) is 9.97 Å². The first kappa shape index (κ1) is 9.61. The van der Waals surface area contributed by atoms with E-state index < -0.39 is 0 Å². The van der Waals surface area contributed by atoms with Crippen LogP contribution in [0.25, 0.3) is 11.4 Å². The first-order chi connectivity index (χ1) is 7.29. The van der Waals surface area contributed by atoms with E-state index in [0.717, 1.165) is 11.1 Å². The molecule has 0 saturated carbocycles. The van der Waals surface area contributed by atoms with E-state index in [1.54, 1.807) is 0 Å². The smallest absolute Gasteiger partial charge is 0.159 e. The second-order valence-corrected chi connectivity index (χ2v) is 3.12. The van der Waals surface area contributed by atoms with Gasteiger partial charge in [0.1, 0.15) is 0 Å². The molecule has 0 radical (unpaired) electrons. The summed E-state index contributed by atoms with van der Waals surface area (Å²) in [6.45, 7) is -0.00801. The molecular weight excluding hydrogens is 192 g/mol. The second kappa shape index (κ2) is 4.06. The maximum atomic E-state index is 9.04. The van der Waals surface area contributed by atoms with Gasteiger partial charge in [0.05, 0.1) is 19.0 Å². The zero-order valence-corrected chi connectivity index (χ0v) is 7.96. The monoisotopic (exact) mass is 202 g/mol. The van der Waals surface area contributed by atoms with Gasteiger partial charge in [-0.05, 0) is 11.6 Å². The summed E-state index contributed by atoms with van der Waals surface area (Å²) in [5, 5.41) is 18.0. The standard InChI is InChI=1S/C11H10N2O2/c14-7-8-2-1-3-9(4-8)11-12-5-10(15)6-13-11/h1-6,14-15H,7H2. The predicted molar refractivity (Wildman–Crippen MR) is 55.1 cm³/mol. The third kappa shape index (κ3) is 2.11. The molecule has 1 heterocycles. The highest BCUT2D eigenvalue weighted by Gasteiger charge is 2.01. The lowest BCUT2D eigenvalue weighted by Gasteiger charge is -2.01. The molecule has 1 aromatic heterocycles. The molecule has 0 aliphatic carbocycles. The van der Waals surface area contributed by atoms with Crippen LogP contribution in [0.3, 0.4) is 0 Å². The number of hydrogen-bond donors (Lipinski definition) is 2. The Balaban J connectivity index is 2.40. The lowest BCUT2D eigenvalue weighted by molar-refractivity contribution is 0.282. The van der Waals surface area contributed by atoms with Crippen LogP contribution in [0.4, 0.5) is 0 Å². The lowest BCUT2D eigenvalue weighted by Crippen LogP contribution is -1.89. The van der Waals surface area contributed by atoms with Gasteiger partial charge in [0, 0.05) is 5.56 Å². The van der Waals surface area contributed by atoms with Gasteiger partial charge in [-0.25, -0.2) is 9.97 Å². The maximum absolute atomic E-state index is 9.04. The maximum Gasteiger partial charge on any atom is 0.159 e. The normalized spacial score (nSPS) is 10.2. The molecule has 4 nitrogen and oxygen atoms in total. The van der Waals surface area contributed by atoms with Crippen LogP contribution in [0.2, 0.25) is 0 Å². The Morgan fingerprint density at radius 1 is 1.13 bits per heavy atom. The fraction of sp³-hybridized carbons (Fsp3) is 0.0909. The summed E-state index contributed by atoms with van der Waals surface area (Å²) in [7, 11) is 0. The Bertz CT molecular complexity index is 454. The molecule has 0 unspecified atom stereocenters. The molecule has 2 aromatic rings. The molecule has 0 aliphatic rings. The number of hydrogen-bond acceptors (Lipinski definition) is 4. The molecule has 2 N–H and O–H groups in total. The minimum Gasteiger partial charge on any atom is -0.505 e. The molecule has 2 rings (SSSR count). The van der Waals surface area contributed by atoms with Crippen molar-refractivity contribution < 1.29 is 10.2 Å². The summed E-state index contributed by atoms with van der Waals surface area (Å²) in [6, 6.07) is 7.32. The molecule has 0 amide bonds. The van der Waals surface area contributed by atoms with Crippen molar-refractivity contribution >= 4 is 0 Å². The number of aromatic hydroxyl groups is 1. The molecule has 0 atom stereocenters. The number of aliphatic hydroxyl groups is 1. The van der Waals surface area contributed by atoms with Gasteiger partial charge in [0.15, 0.2) is 11.6 Å². The van der Waals surface area contributed by atoms with Crippen molar-refractivity contribution in [3.63, 3.8) is 0 Å². The van der Waals surface area contributed by atoms with Crippen molar-refractivity contribution in [3.05, 3.63) is 42.2 Å². The average Bonchev–Trinajstić information content (AvgIpc) is 2.30. The van der Waals surface area contributed by atoms with Crippen molar-refractivity contribution in [2.24, 2.45) is 0 Å². The summed E-state index contributed by atoms with van der Waals surface area (Å²) in [5.74, 6) is 0.570. The van der Waals surface area contributed by atoms with Crippen molar-refractivity contribution in [3.8, 4) is 17.1 Å². The van der Waals surface area contributed by atoms with Crippen molar-refractivity contribution in [2.45, 2.75) is 6.61 Å². The summed E-state index contributed by atoms with van der Waals surface area (Å²) in [6.07, 6.45) is 2.68. The summed E-state index contributed by atoms with van der Waals surface area (Å²) >= 11 is 0. The molecule has 4 heteroatoms. The van der Waals surface area contributed by atoms with Gasteiger partial charge < -0.3 is 10.2 Å². The average molecular weight is 202 g/mol. The van der Waals surface area contributed by atoms with Gasteiger partial charge in [-0.1, -0.05) is 18.2 Å². The van der Waals surface area contributed by atoms with Gasteiger partial charge in [0.25, 0.3) is 0 Å². The number of rotatable bonds is 2. The van der Waals surface area contributed by atoms with E-state index in [9.17, 15) is 0 Å². The largest absolute Gasteiger partial charge is 0.505 e. The SMILES string of the molecule is OCc1cccc(-c2ncc(O)cn2)c1. The number of nitrogens with zero attached hydrogens (tertiary/aromatic N) is 2. The Kier molecular flexibility index (Phi) is 2.60. The molecule has 15 heavy (non-hydrogen) atoms. The number of aromatic nitrogens is 2. The summed E-state index contributed by atoms with van der Waals surface area (Å²) < 4.78 is 0. The molecule has 0 saturated heterocycles. The third-order valence-corrected chi connectivity index (χ3v) is 2.01. The molecule has 1 aromatic carbocycles. The van der Waals surface area contributed by atoms with E-state index >= 15 is 0 Å². The molecule has 0 spiro atoms. The van der Waals surface area contributed by atoms with Crippen LogP contribution in [0, 0.1) is 0 Å². The Hall–Kier alpha value is -1.94. The fourth-order valence-electron chi connectivity index (χ4n) is 1.28. The van der Waals surface area contributed by atoms with Crippen LogP contribution in [-0.4, -0.2) is 20.2 Å². The fourth-order valence-corrected chi connectivity index (χ4v) is 1.28. The van der Waals surface area contributed by atoms with E-state index in [1.165, 1.54) is 12.4 Å². The highest BCUT2D eigenvalue weighted by atomic mass is 16.3. The van der Waals surface area contributed by atoms with Crippen LogP contribution in [0.1, 0.15) is 5.56 Å². The minimum absolute atomic E-state index is 0.00801. The van der Waals surface area contributed by atoms with Gasteiger partial charge in [-0.15, -0.1) is 0 Å². The first-order valence-electron chi connectivity index (χ1n) is 4.51. The Morgan fingerprint density at radius 2 is 1.87 bits per heavy atom. The lowest BCUT2D eigenvalue weighted by atomic mass is 10.1. The van der Waals surface area contributed by atoms with Gasteiger partial charge in [0.2, 0.25) is 0 Å². The van der Waals surface area contributed by atoms with E-state index in [1.807, 2.05) is 24.3 Å². The van der Waals surface area contributed by atoms with Crippen molar-refractivity contribution in [1.29, 1.82) is 0 Å². The number of benzene rings is 1. The van der Waals surface area contributed by atoms with Crippen molar-refractivity contribution in [2.75, 3.05) is 0 Å². The minimum atomic E-state index is -0.00801. The second-order valence-electron chi connectivity index (χ2n) is 3.12. The van der Waals surface area contributed by atoms with E-state index in [0.29, 0.717) is 5.82 Å². The van der Waals surface area contributed by atoms with Gasteiger partial charge >= 0.3 is 0 Å². The van der Waals surface area contributed by atoms with E-state index in [-0.39, 0.29) is 12.4 Å². The molecule has 0 fully saturated rings. The zero-order chi connectivity index (χ0) is 10.7. The number of aliphatic hydroxyl groups excluding tert-OH is 1. The topological polar surface area (TPSA) is 66.2 Å². The summed E-state index contributed by atoms with van der Waals surface area (Å²) in [5.41, 5.74) is 1.63. The molecular formula is C11H10N2O2. The van der Waals surface area contributed by atoms with Crippen LogP contribution in [0.5, 0.6) is 5.75 Å². The molecule has 0 aliphatic heterocycles. The quantitative estimate of drug-likeness (QED) is 0.771. The molecule has 0 bridgehead atoms. The van der Waals surface area contributed by atoms with Gasteiger partial charge in [-0.2, -0.15) is 0 Å². The highest BCUT2D eigenvalue weighted by Crippen LogP contribution is 2.17. The molecule has 76 valence electrons. The Labute approximate surface area is 86.9 Å². The van der Waals surface area contributed by atoms with Gasteiger partial charge in [-0.3, -0.25) is 0 Å². The van der Waals surface area contributed by atoms with E-state index in [2.05, 4.69) is 9.97 Å². The summed E-state index contributed by atoms with van der Waals surface area (Å²) in [4.78, 5) is 7.96. The van der Waals surface area contributed by atoms with E-state index in [4.69, 9.17) is 10.2 Å². The Morgan fingerprint density at radius 3 is 2.53 bits per heavy atom. The van der Waals surface area contributed by atoms with Crippen LogP contribution >= 0.6 is 0 Å². The van der Waals surface area contributed by atoms with Crippen LogP contribution < -0.4 is 0 Å². The highest BCUT2D eigenvalue weighted by molar-refractivity contribution is 5.55. The van der Waals surface area contributed by atoms with Crippen LogP contribution in [-0.2, 0) is 6.61 Å².